The highest BCUT2D eigenvalue weighted by Gasteiger charge is 2.31. The molecule has 2 aromatic heterocycles. The fraction of sp³-hybridized carbons (Fsp3) is 0.444. The summed E-state index contributed by atoms with van der Waals surface area (Å²) in [5.74, 6) is 3.51. The van der Waals surface area contributed by atoms with E-state index < -0.39 is 0 Å². The maximum atomic E-state index is 5.88. The maximum absolute atomic E-state index is 5.88. The Morgan fingerprint density at radius 3 is 2.25 bits per heavy atom. The Kier molecular flexibility index (Phi) is 3.21. The lowest BCUT2D eigenvalue weighted by Crippen LogP contribution is -2.33. The van der Waals surface area contributed by atoms with E-state index in [1.165, 1.54) is 12.8 Å². The van der Waals surface area contributed by atoms with Crippen LogP contribution in [0.3, 0.4) is 0 Å². The Hall–Kier alpha value is -2.50. The highest BCUT2D eigenvalue weighted by molar-refractivity contribution is 5.75. The van der Waals surface area contributed by atoms with Crippen molar-refractivity contribution in [3.63, 3.8) is 0 Å². The van der Waals surface area contributed by atoms with Gasteiger partial charge in [-0.25, -0.2) is 4.98 Å². The molecule has 0 unspecified atom stereocenters. The molecule has 5 rings (SSSR count). The Labute approximate surface area is 139 Å². The molecule has 2 fully saturated rings. The summed E-state index contributed by atoms with van der Waals surface area (Å²) in [4.78, 5) is 11.6. The predicted octanol–water partition coefficient (Wildman–Crippen LogP) is 3.27. The predicted molar refractivity (Wildman–Crippen MR) is 90.0 cm³/mol. The van der Waals surface area contributed by atoms with Crippen molar-refractivity contribution in [3.8, 4) is 0 Å². The van der Waals surface area contributed by atoms with Crippen molar-refractivity contribution in [1.29, 1.82) is 0 Å². The molecule has 1 saturated heterocycles. The number of anilines is 1. The molecule has 1 aliphatic heterocycles. The molecule has 0 bridgehead atoms. The van der Waals surface area contributed by atoms with E-state index in [1.807, 2.05) is 30.5 Å². The van der Waals surface area contributed by atoms with E-state index in [0.29, 0.717) is 11.8 Å². The molecule has 0 spiro atoms. The normalized spacial score (nSPS) is 19.1. The number of benzene rings is 1. The molecule has 1 aromatic carbocycles. The molecule has 1 aliphatic carbocycles. The van der Waals surface area contributed by atoms with Crippen molar-refractivity contribution in [1.82, 2.24) is 20.2 Å². The Morgan fingerprint density at radius 2 is 1.54 bits per heavy atom. The SMILES string of the molecule is c1ccc2nc(N3CCC(c4nnc(C5CC5)o4)CC3)cnc2c1. The number of piperidine rings is 1. The molecule has 6 heteroatoms. The van der Waals surface area contributed by atoms with E-state index in [1.54, 1.807) is 0 Å². The first kappa shape index (κ1) is 13.9. The van der Waals surface area contributed by atoms with Crippen molar-refractivity contribution in [3.05, 3.63) is 42.2 Å². The highest BCUT2D eigenvalue weighted by atomic mass is 16.4. The maximum Gasteiger partial charge on any atom is 0.219 e. The van der Waals surface area contributed by atoms with Gasteiger partial charge < -0.3 is 9.32 Å². The molecule has 6 nitrogen and oxygen atoms in total. The van der Waals surface area contributed by atoms with Crippen LogP contribution in [0.25, 0.3) is 11.0 Å². The summed E-state index contributed by atoms with van der Waals surface area (Å²) in [7, 11) is 0. The first-order valence-electron chi connectivity index (χ1n) is 8.67. The molecule has 0 N–H and O–H groups in total. The lowest BCUT2D eigenvalue weighted by Gasteiger charge is -2.31. The van der Waals surface area contributed by atoms with Gasteiger partial charge in [0, 0.05) is 24.9 Å². The number of aromatic nitrogens is 4. The Morgan fingerprint density at radius 1 is 0.875 bits per heavy atom. The minimum absolute atomic E-state index is 0.370. The van der Waals surface area contributed by atoms with Gasteiger partial charge in [-0.3, -0.25) is 4.98 Å². The van der Waals surface area contributed by atoms with Crippen LogP contribution in [0.1, 0.15) is 49.3 Å². The van der Waals surface area contributed by atoms with Crippen LogP contribution in [0.4, 0.5) is 5.82 Å². The molecular formula is C18H19N5O. The van der Waals surface area contributed by atoms with Crippen LogP contribution < -0.4 is 4.90 Å². The highest BCUT2D eigenvalue weighted by Crippen LogP contribution is 2.40. The standard InChI is InChI=1S/C18H19N5O/c1-2-4-15-14(3-1)19-11-16(20-15)23-9-7-13(8-10-23)18-22-21-17(24-18)12-5-6-12/h1-4,11-13H,5-10H2. The number of nitrogens with zero attached hydrogens (tertiary/aromatic N) is 5. The first-order chi connectivity index (χ1) is 11.9. The summed E-state index contributed by atoms with van der Waals surface area (Å²) in [5.41, 5.74) is 1.89. The van der Waals surface area contributed by atoms with E-state index in [0.717, 1.165) is 54.6 Å². The van der Waals surface area contributed by atoms with Crippen LogP contribution in [-0.4, -0.2) is 33.3 Å². The number of fused-ring (bicyclic) bond motifs is 1. The van der Waals surface area contributed by atoms with E-state index in [2.05, 4.69) is 20.1 Å². The number of hydrogen-bond acceptors (Lipinski definition) is 6. The molecule has 122 valence electrons. The fourth-order valence-electron chi connectivity index (χ4n) is 3.36. The molecular weight excluding hydrogens is 302 g/mol. The van der Waals surface area contributed by atoms with Crippen LogP contribution in [0.15, 0.2) is 34.9 Å². The third-order valence-electron chi connectivity index (χ3n) is 4.99. The summed E-state index contributed by atoms with van der Waals surface area (Å²) >= 11 is 0. The van der Waals surface area contributed by atoms with Crippen LogP contribution in [-0.2, 0) is 0 Å². The van der Waals surface area contributed by atoms with Gasteiger partial charge >= 0.3 is 0 Å². The second-order valence-corrected chi connectivity index (χ2v) is 6.73. The van der Waals surface area contributed by atoms with E-state index >= 15 is 0 Å². The van der Waals surface area contributed by atoms with Gasteiger partial charge in [0.15, 0.2) is 0 Å². The zero-order valence-electron chi connectivity index (χ0n) is 13.4. The average Bonchev–Trinajstić information content (AvgIpc) is 3.38. The Balaban J connectivity index is 1.29. The van der Waals surface area contributed by atoms with Crippen LogP contribution in [0, 0.1) is 0 Å². The van der Waals surface area contributed by atoms with E-state index in [4.69, 9.17) is 9.40 Å². The quantitative estimate of drug-likeness (QED) is 0.737. The first-order valence-corrected chi connectivity index (χ1v) is 8.67. The van der Waals surface area contributed by atoms with Crippen molar-refractivity contribution in [2.75, 3.05) is 18.0 Å². The monoisotopic (exact) mass is 321 g/mol. The summed E-state index contributed by atoms with van der Waals surface area (Å²) in [5, 5.41) is 8.49. The zero-order chi connectivity index (χ0) is 15.9. The van der Waals surface area contributed by atoms with Crippen molar-refractivity contribution in [2.24, 2.45) is 0 Å². The minimum atomic E-state index is 0.370. The lowest BCUT2D eigenvalue weighted by molar-refractivity contribution is 0.375. The van der Waals surface area contributed by atoms with Gasteiger partial charge in [0.1, 0.15) is 5.82 Å². The van der Waals surface area contributed by atoms with E-state index in [9.17, 15) is 0 Å². The van der Waals surface area contributed by atoms with Crippen LogP contribution in [0.2, 0.25) is 0 Å². The van der Waals surface area contributed by atoms with Crippen molar-refractivity contribution >= 4 is 16.9 Å². The summed E-state index contributed by atoms with van der Waals surface area (Å²) in [6.07, 6.45) is 6.30. The van der Waals surface area contributed by atoms with Gasteiger partial charge in [0.25, 0.3) is 0 Å². The van der Waals surface area contributed by atoms with E-state index in [-0.39, 0.29) is 0 Å². The van der Waals surface area contributed by atoms with Crippen molar-refractivity contribution in [2.45, 2.75) is 37.5 Å². The fourth-order valence-corrected chi connectivity index (χ4v) is 3.36. The molecule has 3 heterocycles. The van der Waals surface area contributed by atoms with Crippen molar-refractivity contribution < 1.29 is 4.42 Å². The molecule has 3 aromatic rings. The third kappa shape index (κ3) is 2.52. The lowest BCUT2D eigenvalue weighted by atomic mass is 9.97. The second kappa shape index (κ2) is 5.54. The number of hydrogen-bond donors (Lipinski definition) is 0. The molecule has 1 saturated carbocycles. The number of rotatable bonds is 3. The third-order valence-corrected chi connectivity index (χ3v) is 4.99. The molecule has 0 amide bonds. The molecule has 0 radical (unpaired) electrons. The van der Waals surface area contributed by atoms with Gasteiger partial charge in [-0.2, -0.15) is 0 Å². The number of para-hydroxylation sites is 2. The largest absolute Gasteiger partial charge is 0.425 e. The summed E-state index contributed by atoms with van der Waals surface area (Å²) in [6.45, 7) is 1.89. The molecule has 0 atom stereocenters. The van der Waals surface area contributed by atoms with Gasteiger partial charge in [-0.1, -0.05) is 12.1 Å². The van der Waals surface area contributed by atoms with Gasteiger partial charge in [0.2, 0.25) is 11.8 Å². The molecule has 2 aliphatic rings. The summed E-state index contributed by atoms with van der Waals surface area (Å²) in [6, 6.07) is 7.99. The van der Waals surface area contributed by atoms with Gasteiger partial charge in [0.05, 0.1) is 17.2 Å². The van der Waals surface area contributed by atoms with Gasteiger partial charge in [-0.15, -0.1) is 10.2 Å². The average molecular weight is 321 g/mol. The topological polar surface area (TPSA) is 67.9 Å². The Bertz CT molecular complexity index is 864. The smallest absolute Gasteiger partial charge is 0.219 e. The van der Waals surface area contributed by atoms with Crippen LogP contribution in [0.5, 0.6) is 0 Å². The zero-order valence-corrected chi connectivity index (χ0v) is 13.4. The minimum Gasteiger partial charge on any atom is -0.425 e. The summed E-state index contributed by atoms with van der Waals surface area (Å²) < 4.78 is 5.88. The van der Waals surface area contributed by atoms with Gasteiger partial charge in [-0.05, 0) is 37.8 Å². The second-order valence-electron chi connectivity index (χ2n) is 6.73. The molecule has 24 heavy (non-hydrogen) atoms. The van der Waals surface area contributed by atoms with Crippen LogP contribution >= 0.6 is 0 Å².